The molecular formula is C12H20N4O. The Labute approximate surface area is 102 Å². The molecule has 0 atom stereocenters. The van der Waals surface area contributed by atoms with E-state index in [0.717, 1.165) is 18.7 Å². The zero-order valence-corrected chi connectivity index (χ0v) is 10.9. The molecule has 0 spiro atoms. The van der Waals surface area contributed by atoms with Crippen LogP contribution in [-0.2, 0) is 0 Å². The highest BCUT2D eigenvalue weighted by atomic mass is 16.3. The number of nitrogens with zero attached hydrogens (tertiary/aromatic N) is 3. The van der Waals surface area contributed by atoms with Crippen molar-refractivity contribution >= 4 is 17.3 Å². The minimum atomic E-state index is 0.320. The van der Waals surface area contributed by atoms with Gasteiger partial charge in [-0.15, -0.1) is 4.91 Å². The van der Waals surface area contributed by atoms with E-state index in [2.05, 4.69) is 29.3 Å². The van der Waals surface area contributed by atoms with E-state index < -0.39 is 0 Å². The molecule has 0 unspecified atom stereocenters. The highest BCUT2D eigenvalue weighted by Gasteiger charge is 2.11. The fourth-order valence-corrected chi connectivity index (χ4v) is 1.56. The average Bonchev–Trinajstić information content (AvgIpc) is 2.35. The van der Waals surface area contributed by atoms with Gasteiger partial charge in [-0.25, -0.2) is 4.98 Å². The third-order valence-electron chi connectivity index (χ3n) is 2.74. The van der Waals surface area contributed by atoms with Crippen molar-refractivity contribution in [1.29, 1.82) is 0 Å². The first-order valence-electron chi connectivity index (χ1n) is 5.90. The Morgan fingerprint density at radius 3 is 2.47 bits per heavy atom. The van der Waals surface area contributed by atoms with E-state index in [0.29, 0.717) is 17.5 Å². The maximum absolute atomic E-state index is 10.7. The molecule has 0 bridgehead atoms. The molecule has 0 saturated carbocycles. The molecule has 1 N–H and O–H groups in total. The van der Waals surface area contributed by atoms with E-state index in [1.54, 1.807) is 12.1 Å². The number of rotatable bonds is 6. The molecule has 0 radical (unpaired) electrons. The summed E-state index contributed by atoms with van der Waals surface area (Å²) < 4.78 is 0. The van der Waals surface area contributed by atoms with Gasteiger partial charge in [0.1, 0.15) is 11.5 Å². The van der Waals surface area contributed by atoms with E-state index in [4.69, 9.17) is 0 Å². The van der Waals surface area contributed by atoms with E-state index in [9.17, 15) is 4.91 Å². The molecule has 0 fully saturated rings. The highest BCUT2D eigenvalue weighted by molar-refractivity contribution is 5.64. The smallest absolute Gasteiger partial charge is 0.158 e. The molecule has 1 rings (SSSR count). The minimum absolute atomic E-state index is 0.320. The zero-order chi connectivity index (χ0) is 12.8. The van der Waals surface area contributed by atoms with Crippen LogP contribution in [0.2, 0.25) is 0 Å². The van der Waals surface area contributed by atoms with E-state index in [1.807, 2.05) is 19.0 Å². The molecule has 0 aliphatic carbocycles. The van der Waals surface area contributed by atoms with Gasteiger partial charge in [0.15, 0.2) is 5.82 Å². The second-order valence-electron chi connectivity index (χ2n) is 4.18. The van der Waals surface area contributed by atoms with Crippen molar-refractivity contribution in [3.05, 3.63) is 17.0 Å². The Kier molecular flexibility index (Phi) is 4.87. The monoisotopic (exact) mass is 236 g/mol. The van der Waals surface area contributed by atoms with Crippen molar-refractivity contribution < 1.29 is 0 Å². The summed E-state index contributed by atoms with van der Waals surface area (Å²) in [5.74, 6) is 1.38. The van der Waals surface area contributed by atoms with Crippen molar-refractivity contribution in [2.75, 3.05) is 24.3 Å². The zero-order valence-electron chi connectivity index (χ0n) is 10.9. The van der Waals surface area contributed by atoms with E-state index >= 15 is 0 Å². The topological polar surface area (TPSA) is 57.6 Å². The normalized spacial score (nSPS) is 10.4. The molecule has 0 aliphatic heterocycles. The summed E-state index contributed by atoms with van der Waals surface area (Å²) >= 11 is 0. The summed E-state index contributed by atoms with van der Waals surface area (Å²) in [6, 6.07) is 3.80. The molecule has 1 heterocycles. The van der Waals surface area contributed by atoms with Crippen LogP contribution in [0, 0.1) is 4.91 Å². The van der Waals surface area contributed by atoms with Crippen LogP contribution in [-0.4, -0.2) is 25.1 Å². The summed E-state index contributed by atoms with van der Waals surface area (Å²) in [5.41, 5.74) is 0.363. The first-order valence-corrected chi connectivity index (χ1v) is 5.90. The first-order chi connectivity index (χ1) is 8.12. The lowest BCUT2D eigenvalue weighted by Gasteiger charge is -2.18. The Morgan fingerprint density at radius 1 is 1.35 bits per heavy atom. The maximum atomic E-state index is 10.7. The highest BCUT2D eigenvalue weighted by Crippen LogP contribution is 2.26. The molecule has 0 aromatic carbocycles. The minimum Gasteiger partial charge on any atom is -0.365 e. The number of pyridine rings is 1. The predicted molar refractivity (Wildman–Crippen MR) is 72.0 cm³/mol. The van der Waals surface area contributed by atoms with Crippen LogP contribution in [0.15, 0.2) is 17.3 Å². The van der Waals surface area contributed by atoms with E-state index in [1.165, 1.54) is 0 Å². The SMILES string of the molecule is CCC(CC)Nc1nc(N(C)C)ccc1N=O. The van der Waals surface area contributed by atoms with Gasteiger partial charge in [-0.3, -0.25) is 0 Å². The van der Waals surface area contributed by atoms with Crippen LogP contribution in [0.3, 0.4) is 0 Å². The second-order valence-corrected chi connectivity index (χ2v) is 4.18. The lowest BCUT2D eigenvalue weighted by Crippen LogP contribution is -2.19. The summed E-state index contributed by atoms with van der Waals surface area (Å²) in [6.45, 7) is 4.20. The third kappa shape index (κ3) is 3.41. The molecule has 94 valence electrons. The van der Waals surface area contributed by atoms with Gasteiger partial charge >= 0.3 is 0 Å². The van der Waals surface area contributed by atoms with Crippen molar-refractivity contribution in [2.45, 2.75) is 32.7 Å². The van der Waals surface area contributed by atoms with Gasteiger partial charge in [0.25, 0.3) is 0 Å². The molecule has 17 heavy (non-hydrogen) atoms. The summed E-state index contributed by atoms with van der Waals surface area (Å²) in [4.78, 5) is 17.0. The summed E-state index contributed by atoms with van der Waals surface area (Å²) in [6.07, 6.45) is 1.98. The van der Waals surface area contributed by atoms with Gasteiger partial charge in [-0.1, -0.05) is 13.8 Å². The standard InChI is InChI=1S/C12H20N4O/c1-5-9(6-2)13-12-10(15-17)7-8-11(14-12)16(3)4/h7-9H,5-6H2,1-4H3,(H,13,14). The molecule has 5 nitrogen and oxygen atoms in total. The van der Waals surface area contributed by atoms with Crippen molar-refractivity contribution in [1.82, 2.24) is 4.98 Å². The van der Waals surface area contributed by atoms with Crippen molar-refractivity contribution in [3.8, 4) is 0 Å². The molecule has 0 amide bonds. The molecule has 0 saturated heterocycles. The van der Waals surface area contributed by atoms with Crippen LogP contribution in [0.4, 0.5) is 17.3 Å². The number of aromatic nitrogens is 1. The molecule has 0 aliphatic rings. The third-order valence-corrected chi connectivity index (χ3v) is 2.74. The van der Waals surface area contributed by atoms with Gasteiger partial charge in [0, 0.05) is 20.1 Å². The fraction of sp³-hybridized carbons (Fsp3) is 0.583. The largest absolute Gasteiger partial charge is 0.365 e. The average molecular weight is 236 g/mol. The quantitative estimate of drug-likeness (QED) is 0.771. The van der Waals surface area contributed by atoms with Gasteiger partial charge in [0.2, 0.25) is 0 Å². The van der Waals surface area contributed by atoms with Crippen LogP contribution in [0.25, 0.3) is 0 Å². The number of hydrogen-bond donors (Lipinski definition) is 1. The number of hydrogen-bond acceptors (Lipinski definition) is 5. The summed E-state index contributed by atoms with van der Waals surface area (Å²) in [5, 5.41) is 6.26. The first kappa shape index (κ1) is 13.4. The lowest BCUT2D eigenvalue weighted by molar-refractivity contribution is 0.668. The Balaban J connectivity index is 3.01. The Bertz CT molecular complexity index is 375. The van der Waals surface area contributed by atoms with Gasteiger partial charge in [-0.05, 0) is 30.2 Å². The fourth-order valence-electron chi connectivity index (χ4n) is 1.56. The summed E-state index contributed by atoms with van der Waals surface area (Å²) in [7, 11) is 3.83. The Morgan fingerprint density at radius 2 is 2.00 bits per heavy atom. The number of nitroso groups, excluding NO2 is 1. The van der Waals surface area contributed by atoms with Crippen LogP contribution >= 0.6 is 0 Å². The molecular weight excluding hydrogens is 216 g/mol. The van der Waals surface area contributed by atoms with Crippen LogP contribution in [0.5, 0.6) is 0 Å². The van der Waals surface area contributed by atoms with Gasteiger partial charge in [-0.2, -0.15) is 0 Å². The molecule has 1 aromatic heterocycles. The molecule has 5 heteroatoms. The van der Waals surface area contributed by atoms with Crippen molar-refractivity contribution in [2.24, 2.45) is 5.18 Å². The predicted octanol–water partition coefficient (Wildman–Crippen LogP) is 3.15. The van der Waals surface area contributed by atoms with Gasteiger partial charge in [0.05, 0.1) is 0 Å². The second kappa shape index (κ2) is 6.18. The number of anilines is 2. The van der Waals surface area contributed by atoms with E-state index in [-0.39, 0.29) is 0 Å². The van der Waals surface area contributed by atoms with Crippen LogP contribution < -0.4 is 10.2 Å². The van der Waals surface area contributed by atoms with Crippen LogP contribution in [0.1, 0.15) is 26.7 Å². The molecule has 1 aromatic rings. The van der Waals surface area contributed by atoms with Gasteiger partial charge < -0.3 is 10.2 Å². The van der Waals surface area contributed by atoms with Crippen molar-refractivity contribution in [3.63, 3.8) is 0 Å². The lowest BCUT2D eigenvalue weighted by atomic mass is 10.2. The Hall–Kier alpha value is -1.65. The maximum Gasteiger partial charge on any atom is 0.158 e. The number of nitrogens with one attached hydrogen (secondary N) is 1.